The Morgan fingerprint density at radius 2 is 1.87 bits per heavy atom. The summed E-state index contributed by atoms with van der Waals surface area (Å²) in [4.78, 5) is 8.68. The fourth-order valence-corrected chi connectivity index (χ4v) is 5.48. The molecule has 2 aromatic heterocycles. The van der Waals surface area contributed by atoms with Gasteiger partial charge in [-0.05, 0) is 67.0 Å². The van der Waals surface area contributed by atoms with Crippen LogP contribution >= 0.6 is 11.3 Å². The van der Waals surface area contributed by atoms with Crippen LogP contribution in [0.15, 0.2) is 53.7 Å². The van der Waals surface area contributed by atoms with E-state index in [-0.39, 0.29) is 5.82 Å². The lowest BCUT2D eigenvalue weighted by Gasteiger charge is -2.29. The fraction of sp³-hybridized carbons (Fsp3) is 0.375. The number of benzene rings is 1. The molecule has 4 heterocycles. The summed E-state index contributed by atoms with van der Waals surface area (Å²) < 4.78 is 21.0. The minimum Gasteiger partial charge on any atom is -0.494 e. The van der Waals surface area contributed by atoms with Crippen LogP contribution in [0.25, 0.3) is 5.57 Å². The summed E-state index contributed by atoms with van der Waals surface area (Å²) in [5.41, 5.74) is 4.40. The topological polar surface area (TPSA) is 30.3 Å². The van der Waals surface area contributed by atoms with Crippen LogP contribution in [0.4, 0.5) is 4.39 Å². The predicted octanol–water partition coefficient (Wildman–Crippen LogP) is 5.01. The summed E-state index contributed by atoms with van der Waals surface area (Å²) in [5, 5.41) is 2.22. The van der Waals surface area contributed by atoms with Crippen LogP contribution in [0, 0.1) is 5.82 Å². The van der Waals surface area contributed by atoms with Crippen molar-refractivity contribution in [2.75, 3.05) is 26.2 Å². The standard InChI is InChI=1S/C24H26FN3OS/c25-20-2-4-21(5-3-20)29-16-1-11-27-12-6-18(7-13-27)22-23-19(9-17-30-23)8-14-28-15-10-26-24(22)28/h2-5,9-10,15,17H,1,6-8,11-14,16H2. The Balaban J connectivity index is 1.20. The van der Waals surface area contributed by atoms with Crippen molar-refractivity contribution in [1.29, 1.82) is 0 Å². The van der Waals surface area contributed by atoms with Gasteiger partial charge in [0.2, 0.25) is 0 Å². The van der Waals surface area contributed by atoms with Crippen LogP contribution in [-0.4, -0.2) is 40.7 Å². The molecule has 0 unspecified atom stereocenters. The average Bonchev–Trinajstić information content (AvgIpc) is 3.40. The Morgan fingerprint density at radius 3 is 2.70 bits per heavy atom. The molecule has 0 bridgehead atoms. The van der Waals surface area contributed by atoms with Gasteiger partial charge in [-0.25, -0.2) is 9.37 Å². The van der Waals surface area contributed by atoms with Crippen molar-refractivity contribution < 1.29 is 9.13 Å². The number of halogens is 1. The van der Waals surface area contributed by atoms with Crippen molar-refractivity contribution in [2.45, 2.75) is 32.2 Å². The molecule has 2 aliphatic rings. The number of hydrogen-bond acceptors (Lipinski definition) is 4. The van der Waals surface area contributed by atoms with E-state index in [1.54, 1.807) is 17.7 Å². The van der Waals surface area contributed by atoms with Gasteiger partial charge in [0.15, 0.2) is 0 Å². The van der Waals surface area contributed by atoms with Crippen molar-refractivity contribution in [3.63, 3.8) is 0 Å². The molecular weight excluding hydrogens is 397 g/mol. The molecule has 0 saturated carbocycles. The molecule has 156 valence electrons. The summed E-state index contributed by atoms with van der Waals surface area (Å²) in [6.45, 7) is 4.86. The van der Waals surface area contributed by atoms with Crippen molar-refractivity contribution in [1.82, 2.24) is 14.5 Å². The van der Waals surface area contributed by atoms with Crippen LogP contribution in [0.2, 0.25) is 0 Å². The first-order valence-electron chi connectivity index (χ1n) is 10.7. The van der Waals surface area contributed by atoms with Gasteiger partial charge >= 0.3 is 0 Å². The number of fused-ring (bicyclic) bond motifs is 2. The largest absolute Gasteiger partial charge is 0.494 e. The van der Waals surface area contributed by atoms with Crippen molar-refractivity contribution in [3.05, 3.63) is 75.8 Å². The van der Waals surface area contributed by atoms with E-state index in [1.807, 2.05) is 17.5 Å². The molecule has 0 radical (unpaired) electrons. The molecule has 3 aromatic rings. The van der Waals surface area contributed by atoms with Crippen molar-refractivity contribution in [3.8, 4) is 5.75 Å². The molecule has 6 heteroatoms. The lowest BCUT2D eigenvalue weighted by Crippen LogP contribution is -2.32. The summed E-state index contributed by atoms with van der Waals surface area (Å²) in [7, 11) is 0. The Kier molecular flexibility index (Phi) is 5.69. The van der Waals surface area contributed by atoms with E-state index in [9.17, 15) is 4.39 Å². The van der Waals surface area contributed by atoms with E-state index in [0.717, 1.165) is 63.4 Å². The number of hydrogen-bond donors (Lipinski definition) is 0. The second kappa shape index (κ2) is 8.74. The molecule has 0 spiro atoms. The number of aromatic nitrogens is 2. The Bertz CT molecular complexity index is 983. The maximum absolute atomic E-state index is 13.0. The monoisotopic (exact) mass is 423 g/mol. The normalized spacial score (nSPS) is 16.8. The van der Waals surface area contributed by atoms with Crippen LogP contribution in [0.5, 0.6) is 5.75 Å². The van der Waals surface area contributed by atoms with Gasteiger partial charge < -0.3 is 14.2 Å². The van der Waals surface area contributed by atoms with Gasteiger partial charge in [0.05, 0.1) is 6.61 Å². The summed E-state index contributed by atoms with van der Waals surface area (Å²) in [6.07, 6.45) is 8.30. The van der Waals surface area contributed by atoms with Crippen LogP contribution in [-0.2, 0) is 13.0 Å². The van der Waals surface area contributed by atoms with Gasteiger partial charge in [-0.2, -0.15) is 0 Å². The molecule has 30 heavy (non-hydrogen) atoms. The van der Waals surface area contributed by atoms with Gasteiger partial charge in [-0.1, -0.05) is 5.57 Å². The molecule has 1 saturated heterocycles. The molecule has 1 fully saturated rings. The first kappa shape index (κ1) is 19.5. The lowest BCUT2D eigenvalue weighted by atomic mass is 9.95. The second-order valence-electron chi connectivity index (χ2n) is 7.95. The van der Waals surface area contributed by atoms with E-state index in [4.69, 9.17) is 9.72 Å². The van der Waals surface area contributed by atoms with Crippen molar-refractivity contribution in [2.24, 2.45) is 0 Å². The molecule has 0 aliphatic carbocycles. The third-order valence-corrected chi connectivity index (χ3v) is 7.02. The summed E-state index contributed by atoms with van der Waals surface area (Å²) >= 11 is 1.86. The van der Waals surface area contributed by atoms with Gasteiger partial charge in [0, 0.05) is 49.0 Å². The fourth-order valence-electron chi connectivity index (χ4n) is 4.44. The lowest BCUT2D eigenvalue weighted by molar-refractivity contribution is 0.223. The smallest absolute Gasteiger partial charge is 0.141 e. The molecular formula is C24H26FN3OS. The van der Waals surface area contributed by atoms with Gasteiger partial charge in [0.1, 0.15) is 17.4 Å². The highest BCUT2D eigenvalue weighted by Crippen LogP contribution is 2.38. The quantitative estimate of drug-likeness (QED) is 0.541. The number of likely N-dealkylation sites (tertiary alicyclic amines) is 1. The van der Waals surface area contributed by atoms with Crippen LogP contribution in [0.1, 0.15) is 35.5 Å². The van der Waals surface area contributed by atoms with Gasteiger partial charge in [-0.3, -0.25) is 0 Å². The highest BCUT2D eigenvalue weighted by molar-refractivity contribution is 7.11. The number of rotatable bonds is 5. The average molecular weight is 424 g/mol. The number of ether oxygens (including phenoxy) is 1. The SMILES string of the molecule is Fc1ccc(OCCCN2CCC(=C3c4sccc4CCn4ccnc43)CC2)cc1. The molecule has 0 atom stereocenters. The zero-order chi connectivity index (χ0) is 20.3. The molecule has 0 N–H and O–H groups in total. The van der Waals surface area contributed by atoms with Crippen LogP contribution in [0.3, 0.4) is 0 Å². The molecule has 4 nitrogen and oxygen atoms in total. The third-order valence-electron chi connectivity index (χ3n) is 6.05. The van der Waals surface area contributed by atoms with E-state index < -0.39 is 0 Å². The van der Waals surface area contributed by atoms with Crippen molar-refractivity contribution >= 4 is 16.9 Å². The third kappa shape index (κ3) is 4.07. The highest BCUT2D eigenvalue weighted by Gasteiger charge is 2.25. The molecule has 1 aromatic carbocycles. The number of imidazole rings is 1. The second-order valence-corrected chi connectivity index (χ2v) is 8.86. The minimum atomic E-state index is -0.230. The van der Waals surface area contributed by atoms with Gasteiger partial charge in [0.25, 0.3) is 0 Å². The molecule has 5 rings (SSSR count). The maximum Gasteiger partial charge on any atom is 0.141 e. The number of thiophene rings is 1. The Morgan fingerprint density at radius 1 is 1.03 bits per heavy atom. The highest BCUT2D eigenvalue weighted by atomic mass is 32.1. The minimum absolute atomic E-state index is 0.230. The first-order chi connectivity index (χ1) is 14.8. The Hall–Kier alpha value is -2.44. The zero-order valence-electron chi connectivity index (χ0n) is 17.0. The number of nitrogens with zero attached hydrogens (tertiary/aromatic N) is 3. The zero-order valence-corrected chi connectivity index (χ0v) is 17.8. The number of piperidine rings is 1. The Labute approximate surface area is 180 Å². The molecule has 0 amide bonds. The molecule has 2 aliphatic heterocycles. The van der Waals surface area contributed by atoms with E-state index in [2.05, 4.69) is 27.1 Å². The maximum atomic E-state index is 13.0. The van der Waals surface area contributed by atoms with E-state index in [1.165, 1.54) is 28.1 Å². The summed E-state index contributed by atoms with van der Waals surface area (Å²) in [6, 6.07) is 8.52. The van der Waals surface area contributed by atoms with Crippen LogP contribution < -0.4 is 4.74 Å². The summed E-state index contributed by atoms with van der Waals surface area (Å²) in [5.74, 6) is 1.65. The first-order valence-corrected chi connectivity index (χ1v) is 11.6. The predicted molar refractivity (Wildman–Crippen MR) is 118 cm³/mol. The van der Waals surface area contributed by atoms with E-state index in [0.29, 0.717) is 6.61 Å². The number of aryl methyl sites for hydroxylation is 2. The van der Waals surface area contributed by atoms with Gasteiger partial charge in [-0.15, -0.1) is 11.3 Å². The van der Waals surface area contributed by atoms with E-state index >= 15 is 0 Å².